The Morgan fingerprint density at radius 2 is 2.00 bits per heavy atom. The molecule has 0 aliphatic carbocycles. The molecule has 0 atom stereocenters. The van der Waals surface area contributed by atoms with Gasteiger partial charge in [-0.2, -0.15) is 4.31 Å². The molecule has 0 unspecified atom stereocenters. The molecule has 1 heterocycles. The molecule has 0 amide bonds. The van der Waals surface area contributed by atoms with Gasteiger partial charge in [0.1, 0.15) is 5.82 Å². The monoisotopic (exact) mass is 348 g/mol. The zero-order valence-electron chi connectivity index (χ0n) is 12.9. The van der Waals surface area contributed by atoms with Gasteiger partial charge in [0.2, 0.25) is 10.0 Å². The van der Waals surface area contributed by atoms with Crippen LogP contribution in [-0.4, -0.2) is 49.6 Å². The summed E-state index contributed by atoms with van der Waals surface area (Å²) < 4.78 is 38.4. The fraction of sp³-hybridized carbons (Fsp3) is 0.600. The van der Waals surface area contributed by atoms with E-state index in [0.717, 1.165) is 31.5 Å². The van der Waals surface area contributed by atoms with Crippen LogP contribution >= 0.6 is 11.6 Å². The highest BCUT2D eigenvalue weighted by Gasteiger charge is 2.29. The molecule has 22 heavy (non-hydrogen) atoms. The third kappa shape index (κ3) is 4.41. The first-order valence-electron chi connectivity index (χ1n) is 7.44. The second kappa shape index (κ2) is 7.25. The van der Waals surface area contributed by atoms with Crippen LogP contribution in [0.1, 0.15) is 25.3 Å². The van der Waals surface area contributed by atoms with Crippen molar-refractivity contribution in [1.29, 1.82) is 0 Å². The Hall–Kier alpha value is -0.690. The van der Waals surface area contributed by atoms with Gasteiger partial charge in [-0.1, -0.05) is 18.5 Å². The lowest BCUT2D eigenvalue weighted by atomic mass is 10.0. The number of likely N-dealkylation sites (tertiary alicyclic amines) is 1. The number of sulfonamides is 1. The molecular weight excluding hydrogens is 327 g/mol. The number of benzene rings is 1. The van der Waals surface area contributed by atoms with Crippen molar-refractivity contribution in [3.8, 4) is 0 Å². The zero-order chi connectivity index (χ0) is 16.3. The van der Waals surface area contributed by atoms with Gasteiger partial charge in [-0.05, 0) is 36.6 Å². The summed E-state index contributed by atoms with van der Waals surface area (Å²) in [5, 5.41) is 0.565. The molecule has 1 fully saturated rings. The Balaban J connectivity index is 1.96. The third-order valence-corrected chi connectivity index (χ3v) is 5.88. The van der Waals surface area contributed by atoms with Gasteiger partial charge in [0.25, 0.3) is 0 Å². The van der Waals surface area contributed by atoms with Gasteiger partial charge in [0.05, 0.1) is 6.26 Å². The number of piperidine rings is 1. The van der Waals surface area contributed by atoms with Crippen LogP contribution < -0.4 is 0 Å². The van der Waals surface area contributed by atoms with E-state index in [1.54, 1.807) is 10.4 Å². The van der Waals surface area contributed by atoms with Crippen LogP contribution in [-0.2, 0) is 16.6 Å². The summed E-state index contributed by atoms with van der Waals surface area (Å²) in [6, 6.07) is 4.44. The largest absolute Gasteiger partial charge is 0.299 e. The van der Waals surface area contributed by atoms with Crippen molar-refractivity contribution in [2.24, 2.45) is 0 Å². The first-order valence-corrected chi connectivity index (χ1v) is 9.67. The molecule has 7 heteroatoms. The number of nitrogens with zero attached hydrogens (tertiary/aromatic N) is 2. The van der Waals surface area contributed by atoms with Crippen molar-refractivity contribution in [3.05, 3.63) is 34.6 Å². The average molecular weight is 349 g/mol. The lowest BCUT2D eigenvalue weighted by Gasteiger charge is -2.37. The highest BCUT2D eigenvalue weighted by Crippen LogP contribution is 2.23. The topological polar surface area (TPSA) is 40.6 Å². The van der Waals surface area contributed by atoms with Crippen LogP contribution in [0.5, 0.6) is 0 Å². The quantitative estimate of drug-likeness (QED) is 0.821. The van der Waals surface area contributed by atoms with Gasteiger partial charge in [-0.3, -0.25) is 4.90 Å². The number of hydrogen-bond acceptors (Lipinski definition) is 3. The summed E-state index contributed by atoms with van der Waals surface area (Å²) in [5.74, 6) is -0.288. The Morgan fingerprint density at radius 1 is 1.36 bits per heavy atom. The summed E-state index contributed by atoms with van der Waals surface area (Å²) in [6.45, 7) is 4.51. The Bertz CT molecular complexity index is 616. The molecule has 124 valence electrons. The van der Waals surface area contributed by atoms with Gasteiger partial charge in [-0.15, -0.1) is 0 Å². The molecule has 0 bridgehead atoms. The predicted molar refractivity (Wildman–Crippen MR) is 86.9 cm³/mol. The number of halogens is 2. The van der Waals surface area contributed by atoms with Gasteiger partial charge < -0.3 is 0 Å². The van der Waals surface area contributed by atoms with Crippen molar-refractivity contribution < 1.29 is 12.8 Å². The highest BCUT2D eigenvalue weighted by molar-refractivity contribution is 7.88. The summed E-state index contributed by atoms with van der Waals surface area (Å²) in [6.07, 6.45) is 2.83. The molecule has 0 saturated carbocycles. The molecule has 1 aliphatic heterocycles. The standard InChI is InChI=1S/C15H22ClFN2O2S/c1-3-19(22(2,20)21)14-6-8-18(9-7-14)11-12-10-13(17)4-5-15(12)16/h4-5,10,14H,3,6-9,11H2,1-2H3. The maximum absolute atomic E-state index is 13.3. The molecule has 2 rings (SSSR count). The highest BCUT2D eigenvalue weighted by atomic mass is 35.5. The summed E-state index contributed by atoms with van der Waals surface area (Å²) >= 11 is 6.10. The lowest BCUT2D eigenvalue weighted by Crippen LogP contribution is -2.46. The van der Waals surface area contributed by atoms with Crippen molar-refractivity contribution in [2.45, 2.75) is 32.4 Å². The van der Waals surface area contributed by atoms with Crippen molar-refractivity contribution in [1.82, 2.24) is 9.21 Å². The van der Waals surface area contributed by atoms with E-state index in [9.17, 15) is 12.8 Å². The van der Waals surface area contributed by atoms with Crippen LogP contribution in [0.15, 0.2) is 18.2 Å². The smallest absolute Gasteiger partial charge is 0.211 e. The van der Waals surface area contributed by atoms with Crippen molar-refractivity contribution in [2.75, 3.05) is 25.9 Å². The summed E-state index contributed by atoms with van der Waals surface area (Å²) in [7, 11) is -3.16. The molecule has 0 radical (unpaired) electrons. The van der Waals surface area contributed by atoms with E-state index < -0.39 is 10.0 Å². The molecular formula is C15H22ClFN2O2S. The first kappa shape index (κ1) is 17.7. The predicted octanol–water partition coefficient (Wildman–Crippen LogP) is 2.73. The second-order valence-electron chi connectivity index (χ2n) is 5.71. The van der Waals surface area contributed by atoms with Crippen LogP contribution in [0.2, 0.25) is 5.02 Å². The van der Waals surface area contributed by atoms with Crippen LogP contribution in [0.25, 0.3) is 0 Å². The van der Waals surface area contributed by atoms with Crippen LogP contribution in [0.3, 0.4) is 0 Å². The van der Waals surface area contributed by atoms with Crippen molar-refractivity contribution >= 4 is 21.6 Å². The minimum atomic E-state index is -3.16. The first-order chi connectivity index (χ1) is 10.3. The maximum atomic E-state index is 13.3. The Kier molecular flexibility index (Phi) is 5.82. The number of hydrogen-bond donors (Lipinski definition) is 0. The summed E-state index contributed by atoms with van der Waals surface area (Å²) in [5.41, 5.74) is 0.774. The van der Waals surface area contributed by atoms with Gasteiger partial charge in [0, 0.05) is 37.2 Å². The second-order valence-corrected chi connectivity index (χ2v) is 8.05. The van der Waals surface area contributed by atoms with Gasteiger partial charge in [-0.25, -0.2) is 12.8 Å². The number of rotatable bonds is 5. The molecule has 0 spiro atoms. The maximum Gasteiger partial charge on any atom is 0.211 e. The fourth-order valence-corrected chi connectivity index (χ4v) is 4.43. The lowest BCUT2D eigenvalue weighted by molar-refractivity contribution is 0.156. The van der Waals surface area contributed by atoms with Crippen LogP contribution in [0, 0.1) is 5.82 Å². The Morgan fingerprint density at radius 3 is 2.55 bits per heavy atom. The fourth-order valence-electron chi connectivity index (χ4n) is 3.03. The van der Waals surface area contributed by atoms with Gasteiger partial charge >= 0.3 is 0 Å². The van der Waals surface area contributed by atoms with E-state index >= 15 is 0 Å². The van der Waals surface area contributed by atoms with E-state index in [1.165, 1.54) is 18.4 Å². The Labute approximate surface area is 136 Å². The SMILES string of the molecule is CCN(C1CCN(Cc2cc(F)ccc2Cl)CC1)S(C)(=O)=O. The third-order valence-electron chi connectivity index (χ3n) is 4.10. The molecule has 1 aromatic carbocycles. The van der Waals surface area contributed by atoms with E-state index in [0.29, 0.717) is 18.1 Å². The minimum Gasteiger partial charge on any atom is -0.299 e. The van der Waals surface area contributed by atoms with Crippen LogP contribution in [0.4, 0.5) is 4.39 Å². The molecule has 1 saturated heterocycles. The van der Waals surface area contributed by atoms with E-state index in [-0.39, 0.29) is 11.9 Å². The molecule has 0 aromatic heterocycles. The average Bonchev–Trinajstić information content (AvgIpc) is 2.44. The molecule has 1 aromatic rings. The van der Waals surface area contributed by atoms with E-state index in [4.69, 9.17) is 11.6 Å². The van der Waals surface area contributed by atoms with E-state index in [2.05, 4.69) is 4.90 Å². The zero-order valence-corrected chi connectivity index (χ0v) is 14.5. The summed E-state index contributed by atoms with van der Waals surface area (Å²) in [4.78, 5) is 2.19. The minimum absolute atomic E-state index is 0.0548. The molecule has 4 nitrogen and oxygen atoms in total. The molecule has 1 aliphatic rings. The van der Waals surface area contributed by atoms with Crippen molar-refractivity contribution in [3.63, 3.8) is 0 Å². The van der Waals surface area contributed by atoms with Gasteiger partial charge in [0.15, 0.2) is 0 Å². The molecule has 0 N–H and O–H groups in total. The van der Waals surface area contributed by atoms with E-state index in [1.807, 2.05) is 6.92 Å². The normalized spacial score (nSPS) is 18.0.